The Morgan fingerprint density at radius 2 is 0.228 bits per heavy atom. The van der Waals surface area contributed by atoms with Gasteiger partial charge >= 0.3 is 0 Å². The van der Waals surface area contributed by atoms with Crippen molar-refractivity contribution in [2.45, 2.75) is 193 Å². The minimum atomic E-state index is 0.686. The van der Waals surface area contributed by atoms with E-state index in [2.05, 4.69) is 72.8 Å². The Morgan fingerprint density at radius 3 is 0.325 bits per heavy atom. The molecule has 12 aliphatic heterocycles. The van der Waals surface area contributed by atoms with E-state index in [1.54, 1.807) is 0 Å². The van der Waals surface area contributed by atoms with E-state index in [1.807, 2.05) is 0 Å². The Balaban J connectivity index is 0.725. The summed E-state index contributed by atoms with van der Waals surface area (Å²) in [5, 5.41) is 15.6. The van der Waals surface area contributed by atoms with E-state index in [4.69, 9.17) is 56.8 Å². The molecule has 12 nitrogen and oxygen atoms in total. The molecule has 0 aromatic heterocycles. The summed E-state index contributed by atoms with van der Waals surface area (Å²) in [7, 11) is 0. The molecule has 12 aromatic rings. The molecule has 0 amide bonds. The van der Waals surface area contributed by atoms with Gasteiger partial charge in [0, 0.05) is 105 Å². The fourth-order valence-electron chi connectivity index (χ4n) is 23.9. The van der Waals surface area contributed by atoms with Crippen LogP contribution in [-0.2, 0) is 116 Å². The maximum absolute atomic E-state index is 7.04. The summed E-state index contributed by atoms with van der Waals surface area (Å²) in [4.78, 5) is 0. The molecule has 576 valence electrons. The van der Waals surface area contributed by atoms with Crippen LogP contribution in [0.3, 0.4) is 0 Å². The van der Waals surface area contributed by atoms with Gasteiger partial charge in [-0.1, -0.05) is 0 Å². The Kier molecular flexibility index (Phi) is 15.7. The average molecular weight is 1510 g/mol. The van der Waals surface area contributed by atoms with Gasteiger partial charge in [0.2, 0.25) is 0 Å². The highest BCUT2D eigenvalue weighted by Gasteiger charge is 2.37. The Hall–Kier alpha value is -10.2. The van der Waals surface area contributed by atoms with Crippen molar-refractivity contribution < 1.29 is 56.8 Å². The Bertz CT molecular complexity index is 4920. The van der Waals surface area contributed by atoms with Crippen LogP contribution in [0.15, 0.2) is 72.8 Å². The summed E-state index contributed by atoms with van der Waals surface area (Å²) in [6, 6.07) is 30.0. The van der Waals surface area contributed by atoms with Crippen LogP contribution in [-0.4, -0.2) is 79.3 Å². The highest BCUT2D eigenvalue weighted by molar-refractivity contribution is 6.02. The summed E-state index contributed by atoms with van der Waals surface area (Å²) in [5.74, 6) is 12.6. The number of ether oxygens (including phenoxy) is 12. The maximum atomic E-state index is 7.04. The highest BCUT2D eigenvalue weighted by Crippen LogP contribution is 2.55. The van der Waals surface area contributed by atoms with Gasteiger partial charge in [-0.3, -0.25) is 0 Å². The van der Waals surface area contributed by atoms with Gasteiger partial charge in [-0.2, -0.15) is 0 Å². The van der Waals surface area contributed by atoms with Gasteiger partial charge in [0.25, 0.3) is 0 Å². The van der Waals surface area contributed by atoms with Crippen LogP contribution < -0.4 is 56.8 Å². The van der Waals surface area contributed by atoms with Gasteiger partial charge in [-0.15, -0.1) is 0 Å². The van der Waals surface area contributed by atoms with Gasteiger partial charge in [-0.05, 0) is 358 Å². The van der Waals surface area contributed by atoms with Crippen molar-refractivity contribution in [2.24, 2.45) is 0 Å². The molecule has 0 spiro atoms. The zero-order chi connectivity index (χ0) is 74.4. The van der Waals surface area contributed by atoms with E-state index in [0.717, 1.165) is 223 Å². The SMILES string of the molecule is c1c2c3c(c4c5c(c(cc14)Cc1cc4cc(c6c(c4c4c1OCCC4)CCCO6)Cc1cc4cc(c6c(c4c4c1OCCC4)CCCO6)Cc1cc4cc(c6c(c4c4c1OCCC4)CCCO6)Cc1cc4cc(c6c(c4c4c1OCCC4)CCCO6)Cc1cc4cc(c6c(c4c4c1OCCC4)CCCO6)C2)OCCC5)CCCO3. The number of aryl methyl sites for hydroxylation is 12. The second-order valence-corrected chi connectivity index (χ2v) is 35.2. The third-order valence-electron chi connectivity index (χ3n) is 28.2. The smallest absolute Gasteiger partial charge is 0.126 e. The molecule has 12 heteroatoms. The molecule has 12 heterocycles. The van der Waals surface area contributed by atoms with Crippen LogP contribution in [0.5, 0.6) is 69.0 Å². The Labute approximate surface area is 664 Å². The monoisotopic (exact) mass is 1510 g/mol. The van der Waals surface area contributed by atoms with E-state index >= 15 is 0 Å². The van der Waals surface area contributed by atoms with Gasteiger partial charge in [-0.25, -0.2) is 0 Å². The van der Waals surface area contributed by atoms with Crippen LogP contribution in [0, 0.1) is 0 Å². The zero-order valence-electron chi connectivity index (χ0n) is 65.5. The molecule has 0 N–H and O–H groups in total. The van der Waals surface area contributed by atoms with Crippen LogP contribution in [0.4, 0.5) is 0 Å². The molecule has 0 radical (unpaired) electrons. The number of hydrogen-bond acceptors (Lipinski definition) is 12. The predicted molar refractivity (Wildman–Crippen MR) is 446 cm³/mol. The van der Waals surface area contributed by atoms with Crippen molar-refractivity contribution in [1.82, 2.24) is 0 Å². The van der Waals surface area contributed by atoms with Gasteiger partial charge in [0.1, 0.15) is 69.0 Å². The van der Waals surface area contributed by atoms with Crippen molar-refractivity contribution >= 4 is 64.6 Å². The first-order valence-electron chi connectivity index (χ1n) is 43.8. The standard InChI is InChI=1S/C102H96O12/c1-13-73-85-55-37-61(91(73)103-25-1)49-63-39-56-40-65(95-76(16-4-29-107-95)86(56)75-15-3-27-105-93(63)75)51-67-43-58-44-69(99-80(20-8-33-111-99)88(58)79-19-7-31-109-97(67)79)53-71-47-60-48-72(102-84(24-12-36-114-102)90(60)83-23-11-35-113-101(71)83)54-70-46-59-45-68(98-81(21-9-32-110-98)89(59)82-22-10-34-112-100(70)82)52-66-42-57-41-64(50-62(38-55)92-74(85)14-2-26-104-92)94-77(17-5-28-106-94)87(57)78-18-6-30-108-96(66)78/h37-48H,1-36,49-54H2. The molecule has 0 unspecified atom stereocenters. The normalized spacial score (nSPS) is 18.9. The molecule has 0 saturated carbocycles. The summed E-state index contributed by atoms with van der Waals surface area (Å²) < 4.78 is 84.5. The average Bonchev–Trinajstić information content (AvgIpc) is 0.732. The molecule has 0 saturated heterocycles. The van der Waals surface area contributed by atoms with Crippen LogP contribution >= 0.6 is 0 Å². The lowest BCUT2D eigenvalue weighted by Crippen LogP contribution is -2.18. The molecule has 13 aliphatic rings. The van der Waals surface area contributed by atoms with Gasteiger partial charge in [0.15, 0.2) is 0 Å². The predicted octanol–water partition coefficient (Wildman–Crippen LogP) is 20.4. The zero-order valence-corrected chi connectivity index (χ0v) is 65.5. The number of rotatable bonds is 0. The van der Waals surface area contributed by atoms with E-state index in [0.29, 0.717) is 118 Å². The molecule has 114 heavy (non-hydrogen) atoms. The molecule has 25 rings (SSSR count). The first kappa shape index (κ1) is 67.2. The second kappa shape index (κ2) is 26.7. The minimum absolute atomic E-state index is 0.686. The van der Waals surface area contributed by atoms with E-state index in [-0.39, 0.29) is 0 Å². The summed E-state index contributed by atoms with van der Waals surface area (Å²) in [6.07, 6.45) is 27.3. The van der Waals surface area contributed by atoms with Gasteiger partial charge < -0.3 is 56.8 Å². The summed E-state index contributed by atoms with van der Waals surface area (Å²) in [5.41, 5.74) is 30.6. The molecule has 1 aliphatic carbocycles. The number of fused-ring (bicyclic) bond motifs is 48. The first-order chi connectivity index (χ1) is 56.5. The van der Waals surface area contributed by atoms with Crippen LogP contribution in [0.1, 0.15) is 211 Å². The maximum Gasteiger partial charge on any atom is 0.126 e. The highest BCUT2D eigenvalue weighted by atomic mass is 16.5. The lowest BCUT2D eigenvalue weighted by atomic mass is 9.82. The fourth-order valence-corrected chi connectivity index (χ4v) is 23.9. The van der Waals surface area contributed by atoms with E-state index in [9.17, 15) is 0 Å². The van der Waals surface area contributed by atoms with Gasteiger partial charge in [0.05, 0.1) is 79.3 Å². The second-order valence-electron chi connectivity index (χ2n) is 35.2. The largest absolute Gasteiger partial charge is 0.493 e. The van der Waals surface area contributed by atoms with E-state index in [1.165, 1.54) is 198 Å². The summed E-state index contributed by atoms with van der Waals surface area (Å²) >= 11 is 0. The van der Waals surface area contributed by atoms with Crippen molar-refractivity contribution in [3.8, 4) is 69.0 Å². The van der Waals surface area contributed by atoms with E-state index < -0.39 is 0 Å². The molecule has 18 bridgehead atoms. The molecular weight excluding hydrogens is 1420 g/mol. The van der Waals surface area contributed by atoms with Crippen molar-refractivity contribution in [3.05, 3.63) is 206 Å². The molecule has 12 aromatic carbocycles. The third kappa shape index (κ3) is 10.5. The van der Waals surface area contributed by atoms with Crippen LogP contribution in [0.2, 0.25) is 0 Å². The third-order valence-corrected chi connectivity index (χ3v) is 28.2. The topological polar surface area (TPSA) is 111 Å². The fraction of sp³-hybridized carbons (Fsp3) is 0.412. The van der Waals surface area contributed by atoms with Crippen molar-refractivity contribution in [2.75, 3.05) is 79.3 Å². The molecular formula is C102H96O12. The molecule has 0 atom stereocenters. The minimum Gasteiger partial charge on any atom is -0.493 e. The lowest BCUT2D eigenvalue weighted by Gasteiger charge is -2.31. The first-order valence-corrected chi connectivity index (χ1v) is 43.8. The molecule has 0 fully saturated rings. The summed E-state index contributed by atoms with van der Waals surface area (Å²) in [6.45, 7) is 8.38. The van der Waals surface area contributed by atoms with Crippen LogP contribution in [0.25, 0.3) is 64.6 Å². The van der Waals surface area contributed by atoms with Crippen molar-refractivity contribution in [3.63, 3.8) is 0 Å². The number of benzene rings is 12. The number of hydrogen-bond donors (Lipinski definition) is 0. The Morgan fingerprint density at radius 1 is 0.132 bits per heavy atom. The quantitative estimate of drug-likeness (QED) is 0.144. The van der Waals surface area contributed by atoms with Crippen molar-refractivity contribution in [1.29, 1.82) is 0 Å². The lowest BCUT2D eigenvalue weighted by molar-refractivity contribution is 0.280.